The average Bonchev–Trinajstić information content (AvgIpc) is 2.77. The minimum absolute atomic E-state index is 0.942. The molecule has 3 fully saturated rings. The molecule has 0 amide bonds. The van der Waals surface area contributed by atoms with Crippen LogP contribution in [0.2, 0.25) is 0 Å². The topological polar surface area (TPSA) is 245 Å². The van der Waals surface area contributed by atoms with Crippen LogP contribution in [0.15, 0.2) is 0 Å². The maximum atomic E-state index is 9.77. The van der Waals surface area contributed by atoms with Crippen LogP contribution < -0.4 is 5.32 Å². The second-order valence-electron chi connectivity index (χ2n) is 8.21. The zero-order valence-corrected chi connectivity index (χ0v) is 17.9. The van der Waals surface area contributed by atoms with Crippen molar-refractivity contribution < 1.29 is 60.0 Å². The quantitative estimate of drug-likeness (QED) is 0.182. The molecular formula is C19H32N2O12. The van der Waals surface area contributed by atoms with Gasteiger partial charge in [-0.3, -0.25) is 4.90 Å². The molecule has 3 aliphatic rings. The van der Waals surface area contributed by atoms with Crippen LogP contribution in [0.25, 0.3) is 0 Å². The van der Waals surface area contributed by atoms with Gasteiger partial charge in [-0.15, -0.1) is 0 Å². The Morgan fingerprint density at radius 3 is 1.61 bits per heavy atom. The number of fused-ring (bicyclic) bond motifs is 4. The van der Waals surface area contributed by atoms with Crippen LogP contribution in [0, 0.1) is 11.8 Å². The second-order valence-corrected chi connectivity index (χ2v) is 8.21. The lowest BCUT2D eigenvalue weighted by molar-refractivity contribution is -0.165. The molecule has 3 rings (SSSR count). The fraction of sp³-hybridized carbons (Fsp3) is 0.789. The molecule has 0 spiro atoms. The predicted octanol–water partition coefficient (Wildman–Crippen LogP) is -3.16. The van der Waals surface area contributed by atoms with Gasteiger partial charge in [0.25, 0.3) is 0 Å². The molecule has 0 radical (unpaired) electrons. The van der Waals surface area contributed by atoms with Crippen molar-refractivity contribution in [1.82, 2.24) is 10.2 Å². The van der Waals surface area contributed by atoms with Crippen LogP contribution in [-0.2, 0) is 19.2 Å². The number of hydrogen-bond donors (Lipinski definition) is 9. The van der Waals surface area contributed by atoms with Crippen LogP contribution in [0.5, 0.6) is 0 Å². The summed E-state index contributed by atoms with van der Waals surface area (Å²) in [5, 5.41) is 68.6. The normalized spacial score (nSPS) is 27.6. The third-order valence-corrected chi connectivity index (χ3v) is 5.79. The number of aliphatic carboxylic acids is 4. The summed E-state index contributed by atoms with van der Waals surface area (Å²) < 4.78 is 0. The van der Waals surface area contributed by atoms with E-state index in [1.165, 1.54) is 51.9 Å². The van der Waals surface area contributed by atoms with E-state index in [1.807, 2.05) is 0 Å². The van der Waals surface area contributed by atoms with Crippen molar-refractivity contribution in [3.63, 3.8) is 0 Å². The molecule has 2 bridgehead atoms. The molecule has 14 nitrogen and oxygen atoms in total. The lowest BCUT2D eigenvalue weighted by Gasteiger charge is -2.50. The molecule has 33 heavy (non-hydrogen) atoms. The van der Waals surface area contributed by atoms with E-state index in [1.54, 1.807) is 0 Å². The molecule has 14 heteroatoms. The van der Waals surface area contributed by atoms with Crippen LogP contribution in [-0.4, -0.2) is 126 Å². The first-order valence-corrected chi connectivity index (χ1v) is 10.4. The number of nitrogens with zero attached hydrogens (tertiary/aromatic N) is 1. The Hall–Kier alpha value is -2.36. The predicted molar refractivity (Wildman–Crippen MR) is 108 cm³/mol. The minimum Gasteiger partial charge on any atom is -0.479 e. The highest BCUT2D eigenvalue weighted by Crippen LogP contribution is 2.34. The number of rotatable bonds is 6. The Morgan fingerprint density at radius 2 is 1.18 bits per heavy atom. The number of carboxylic acid groups (broad SMARTS) is 4. The summed E-state index contributed by atoms with van der Waals surface area (Å²) in [5.41, 5.74) is 0. The summed E-state index contributed by atoms with van der Waals surface area (Å²) in [5.74, 6) is -5.13. The molecule has 0 saturated carbocycles. The smallest absolute Gasteiger partial charge is 0.335 e. The van der Waals surface area contributed by atoms with Gasteiger partial charge in [0, 0.05) is 12.6 Å². The first-order valence-electron chi connectivity index (χ1n) is 10.4. The molecule has 7 atom stereocenters. The summed E-state index contributed by atoms with van der Waals surface area (Å²) in [7, 11) is 0. The molecular weight excluding hydrogens is 448 g/mol. The SMILES string of the molecule is C1CCN2C[C@@H]3CNC[C@@H](C3)C2C1.O=C(O)[C@H](O)[C@@H](O)C(=O)O.O=C(O)[C@H](O)[C@@H](O)C(=O)O. The molecule has 3 heterocycles. The van der Waals surface area contributed by atoms with Gasteiger partial charge in [-0.25, -0.2) is 19.2 Å². The number of aliphatic hydroxyl groups excluding tert-OH is 4. The fourth-order valence-corrected chi connectivity index (χ4v) is 4.15. The zero-order chi connectivity index (χ0) is 25.3. The van der Waals surface area contributed by atoms with Crippen LogP contribution in [0.1, 0.15) is 25.7 Å². The van der Waals surface area contributed by atoms with Crippen molar-refractivity contribution in [1.29, 1.82) is 0 Å². The van der Waals surface area contributed by atoms with Crippen LogP contribution >= 0.6 is 0 Å². The molecule has 0 aliphatic carbocycles. The van der Waals surface area contributed by atoms with Crippen molar-refractivity contribution in [2.45, 2.75) is 56.1 Å². The first-order chi connectivity index (χ1) is 15.4. The van der Waals surface area contributed by atoms with Crippen molar-refractivity contribution in [2.75, 3.05) is 26.2 Å². The Bertz CT molecular complexity index is 614. The summed E-state index contributed by atoms with van der Waals surface area (Å²) >= 11 is 0. The zero-order valence-electron chi connectivity index (χ0n) is 17.9. The Morgan fingerprint density at radius 1 is 0.727 bits per heavy atom. The van der Waals surface area contributed by atoms with Gasteiger partial charge in [-0.05, 0) is 50.7 Å². The van der Waals surface area contributed by atoms with E-state index in [9.17, 15) is 19.2 Å². The Kier molecular flexibility index (Phi) is 11.6. The van der Waals surface area contributed by atoms with Crippen molar-refractivity contribution >= 4 is 23.9 Å². The highest BCUT2D eigenvalue weighted by molar-refractivity contribution is 5.83. The standard InChI is InChI=1S/C11H20N2.2C4H6O6/c1-2-4-13-8-9-5-10(7-12-6-9)11(13)3-1;2*5-1(3(7)8)2(6)4(9)10/h9-12H,1-8H2;2*1-2,5-6H,(H,7,8)(H,9,10)/t9-,10+,11?;2*1-,2-/m011/s1. The van der Waals surface area contributed by atoms with Crippen molar-refractivity contribution in [3.8, 4) is 0 Å². The molecule has 0 aromatic carbocycles. The summed E-state index contributed by atoms with van der Waals surface area (Å²) in [4.78, 5) is 41.9. The van der Waals surface area contributed by atoms with Gasteiger partial charge in [0.15, 0.2) is 24.4 Å². The molecule has 9 N–H and O–H groups in total. The van der Waals surface area contributed by atoms with E-state index in [4.69, 9.17) is 40.9 Å². The van der Waals surface area contributed by atoms with Gasteiger partial charge >= 0.3 is 23.9 Å². The number of carbonyl (C=O) groups is 4. The highest BCUT2D eigenvalue weighted by Gasteiger charge is 2.38. The number of hydrogen-bond acceptors (Lipinski definition) is 10. The molecule has 190 valence electrons. The second kappa shape index (κ2) is 13.4. The number of aliphatic hydroxyl groups is 4. The van der Waals surface area contributed by atoms with Gasteiger partial charge in [-0.1, -0.05) is 6.42 Å². The number of carboxylic acids is 4. The van der Waals surface area contributed by atoms with Crippen LogP contribution in [0.3, 0.4) is 0 Å². The van der Waals surface area contributed by atoms with Crippen molar-refractivity contribution in [2.24, 2.45) is 11.8 Å². The molecule has 0 aromatic rings. The van der Waals surface area contributed by atoms with Gasteiger partial charge in [0.1, 0.15) is 0 Å². The Labute approximate surface area is 189 Å². The fourth-order valence-electron chi connectivity index (χ4n) is 4.15. The Balaban J connectivity index is 0.000000253. The molecule has 3 aliphatic heterocycles. The number of nitrogens with one attached hydrogen (secondary N) is 1. The molecule has 3 saturated heterocycles. The molecule has 1 unspecified atom stereocenters. The van der Waals surface area contributed by atoms with E-state index >= 15 is 0 Å². The largest absolute Gasteiger partial charge is 0.479 e. The van der Waals surface area contributed by atoms with Crippen molar-refractivity contribution in [3.05, 3.63) is 0 Å². The summed E-state index contributed by atoms with van der Waals surface area (Å²) in [6.07, 6.45) is -3.16. The first kappa shape index (κ1) is 28.7. The van der Waals surface area contributed by atoms with Gasteiger partial charge < -0.3 is 46.2 Å². The maximum absolute atomic E-state index is 9.77. The molecule has 0 aromatic heterocycles. The summed E-state index contributed by atoms with van der Waals surface area (Å²) in [6.45, 7) is 5.34. The van der Waals surface area contributed by atoms with E-state index < -0.39 is 48.3 Å². The maximum Gasteiger partial charge on any atom is 0.335 e. The number of piperidine rings is 3. The van der Waals surface area contributed by atoms with E-state index in [-0.39, 0.29) is 0 Å². The van der Waals surface area contributed by atoms with Gasteiger partial charge in [-0.2, -0.15) is 0 Å². The monoisotopic (exact) mass is 480 g/mol. The third-order valence-electron chi connectivity index (χ3n) is 5.79. The lowest BCUT2D eigenvalue weighted by Crippen LogP contribution is -2.58. The lowest BCUT2D eigenvalue weighted by atomic mass is 9.77. The minimum atomic E-state index is -2.27. The summed E-state index contributed by atoms with van der Waals surface area (Å²) in [6, 6.07) is 0.942. The average molecular weight is 480 g/mol. The van der Waals surface area contributed by atoms with Gasteiger partial charge in [0.2, 0.25) is 0 Å². The van der Waals surface area contributed by atoms with Gasteiger partial charge in [0.05, 0.1) is 0 Å². The van der Waals surface area contributed by atoms with E-state index in [0.717, 1.165) is 17.9 Å². The van der Waals surface area contributed by atoms with E-state index in [0.29, 0.717) is 0 Å². The highest BCUT2D eigenvalue weighted by atomic mass is 16.4. The third kappa shape index (κ3) is 8.83. The van der Waals surface area contributed by atoms with Crippen LogP contribution in [0.4, 0.5) is 0 Å². The van der Waals surface area contributed by atoms with E-state index in [2.05, 4.69) is 10.2 Å².